The van der Waals surface area contributed by atoms with Crippen LogP contribution in [0.2, 0.25) is 0 Å². The number of hydrogen-bond acceptors (Lipinski definition) is 5. The van der Waals surface area contributed by atoms with Gasteiger partial charge in [-0.3, -0.25) is 4.18 Å². The van der Waals surface area contributed by atoms with Gasteiger partial charge in [0.25, 0.3) is 5.16 Å². The van der Waals surface area contributed by atoms with Crippen LogP contribution in [0.5, 0.6) is 0 Å². The van der Waals surface area contributed by atoms with E-state index >= 15 is 0 Å². The quantitative estimate of drug-likeness (QED) is 0.500. The summed E-state index contributed by atoms with van der Waals surface area (Å²) in [4.78, 5) is 7.09. The van der Waals surface area contributed by atoms with Crippen molar-refractivity contribution < 1.29 is 12.6 Å². The molecule has 0 spiro atoms. The predicted octanol–water partition coefficient (Wildman–Crippen LogP) is 0.202. The summed E-state index contributed by atoms with van der Waals surface area (Å²) < 4.78 is 26.6. The van der Waals surface area contributed by atoms with E-state index in [0.717, 1.165) is 0 Å². The molecule has 5 nitrogen and oxygen atoms in total. The monoisotopic (exact) mass is 188 g/mol. The lowest BCUT2D eigenvalue weighted by Crippen LogP contribution is -2.09. The second-order valence-corrected chi connectivity index (χ2v) is 3.40. The normalized spacial score (nSPS) is 11.4. The fourth-order valence-corrected chi connectivity index (χ4v) is 1.42. The molecule has 1 heterocycles. The summed E-state index contributed by atoms with van der Waals surface area (Å²) in [6, 6.07) is 1.53. The second kappa shape index (κ2) is 3.59. The Bertz CT molecular complexity index is 335. The van der Waals surface area contributed by atoms with Crippen molar-refractivity contribution in [3.05, 3.63) is 18.5 Å². The Kier molecular flexibility index (Phi) is 2.72. The Labute approximate surface area is 70.5 Å². The fourth-order valence-electron chi connectivity index (χ4n) is 0.622. The van der Waals surface area contributed by atoms with Crippen LogP contribution >= 0.6 is 0 Å². The molecule has 0 unspecified atom stereocenters. The van der Waals surface area contributed by atoms with Gasteiger partial charge in [-0.2, -0.15) is 8.42 Å². The molecule has 0 bridgehead atoms. The van der Waals surface area contributed by atoms with Gasteiger partial charge in [-0.05, 0) is 13.0 Å². The molecule has 0 radical (unpaired) electrons. The minimum atomic E-state index is -3.73. The SMILES string of the molecule is CCOS(=O)(=O)c1ncccn1. The van der Waals surface area contributed by atoms with Gasteiger partial charge in [0, 0.05) is 12.4 Å². The Morgan fingerprint density at radius 1 is 1.42 bits per heavy atom. The molecule has 0 amide bonds. The molecule has 1 aromatic heterocycles. The van der Waals surface area contributed by atoms with E-state index in [9.17, 15) is 8.42 Å². The third-order valence-corrected chi connectivity index (χ3v) is 2.24. The molecule has 1 rings (SSSR count). The molecule has 0 aliphatic rings. The summed E-state index contributed by atoms with van der Waals surface area (Å²) >= 11 is 0. The van der Waals surface area contributed by atoms with Crippen LogP contribution < -0.4 is 0 Å². The van der Waals surface area contributed by atoms with Gasteiger partial charge in [-0.1, -0.05) is 0 Å². The summed E-state index contributed by atoms with van der Waals surface area (Å²) in [7, 11) is -3.73. The molecule has 0 saturated heterocycles. The zero-order valence-electron chi connectivity index (χ0n) is 6.47. The van der Waals surface area contributed by atoms with Gasteiger partial charge in [0.1, 0.15) is 0 Å². The lowest BCUT2D eigenvalue weighted by molar-refractivity contribution is 0.334. The molecular formula is C6H8N2O3S. The maximum atomic E-state index is 11.1. The summed E-state index contributed by atoms with van der Waals surface area (Å²) in [5, 5.41) is -0.299. The largest absolute Gasteiger partial charge is 0.332 e. The lowest BCUT2D eigenvalue weighted by atomic mass is 10.7. The summed E-state index contributed by atoms with van der Waals surface area (Å²) in [5.74, 6) is 0. The number of aromatic nitrogens is 2. The predicted molar refractivity (Wildman–Crippen MR) is 40.8 cm³/mol. The molecule has 66 valence electrons. The van der Waals surface area contributed by atoms with E-state index in [4.69, 9.17) is 0 Å². The van der Waals surface area contributed by atoms with Crippen LogP contribution in [0, 0.1) is 0 Å². The zero-order valence-corrected chi connectivity index (χ0v) is 7.28. The third kappa shape index (κ3) is 1.99. The highest BCUT2D eigenvalue weighted by atomic mass is 32.2. The first-order valence-corrected chi connectivity index (χ1v) is 4.74. The van der Waals surface area contributed by atoms with E-state index in [0.29, 0.717) is 0 Å². The topological polar surface area (TPSA) is 69.2 Å². The molecule has 0 atom stereocenters. The Morgan fingerprint density at radius 3 is 2.50 bits per heavy atom. The smallest absolute Gasteiger partial charge is 0.264 e. The van der Waals surface area contributed by atoms with E-state index in [2.05, 4.69) is 14.2 Å². The van der Waals surface area contributed by atoms with Gasteiger partial charge in [0.2, 0.25) is 0 Å². The Morgan fingerprint density at radius 2 is 2.00 bits per heavy atom. The third-order valence-electron chi connectivity index (χ3n) is 1.04. The van der Waals surface area contributed by atoms with Gasteiger partial charge in [-0.15, -0.1) is 0 Å². The van der Waals surface area contributed by atoms with Crippen molar-refractivity contribution in [2.24, 2.45) is 0 Å². The highest BCUT2D eigenvalue weighted by Gasteiger charge is 2.16. The maximum Gasteiger partial charge on any atom is 0.332 e. The average Bonchev–Trinajstić information content (AvgIpc) is 2.06. The number of rotatable bonds is 3. The van der Waals surface area contributed by atoms with Crippen LogP contribution in [0.4, 0.5) is 0 Å². The van der Waals surface area contributed by atoms with E-state index < -0.39 is 10.1 Å². The van der Waals surface area contributed by atoms with Crippen molar-refractivity contribution in [1.82, 2.24) is 9.97 Å². The van der Waals surface area contributed by atoms with Gasteiger partial charge in [-0.25, -0.2) is 9.97 Å². The Balaban J connectivity index is 2.99. The maximum absolute atomic E-state index is 11.1. The molecule has 0 N–H and O–H groups in total. The van der Waals surface area contributed by atoms with Crippen molar-refractivity contribution in [1.29, 1.82) is 0 Å². The van der Waals surface area contributed by atoms with E-state index in [1.165, 1.54) is 18.5 Å². The molecule has 12 heavy (non-hydrogen) atoms. The highest BCUT2D eigenvalue weighted by Crippen LogP contribution is 2.03. The van der Waals surface area contributed by atoms with Crippen LogP contribution in [0.15, 0.2) is 23.6 Å². The van der Waals surface area contributed by atoms with Crippen LogP contribution in [0.3, 0.4) is 0 Å². The van der Waals surface area contributed by atoms with Gasteiger partial charge >= 0.3 is 10.1 Å². The second-order valence-electron chi connectivity index (χ2n) is 1.89. The van der Waals surface area contributed by atoms with Crippen LogP contribution in [0.25, 0.3) is 0 Å². The molecule has 0 aromatic carbocycles. The minimum absolute atomic E-state index is 0.0839. The van der Waals surface area contributed by atoms with Gasteiger partial charge in [0.05, 0.1) is 6.61 Å². The van der Waals surface area contributed by atoms with E-state index in [1.54, 1.807) is 6.92 Å². The van der Waals surface area contributed by atoms with Crippen molar-refractivity contribution in [2.45, 2.75) is 12.1 Å². The van der Waals surface area contributed by atoms with E-state index in [1.807, 2.05) is 0 Å². The Hall–Kier alpha value is -1.01. The number of nitrogens with zero attached hydrogens (tertiary/aromatic N) is 2. The average molecular weight is 188 g/mol. The molecule has 0 fully saturated rings. The van der Waals surface area contributed by atoms with Crippen LogP contribution in [-0.4, -0.2) is 25.0 Å². The lowest BCUT2D eigenvalue weighted by Gasteiger charge is -1.99. The van der Waals surface area contributed by atoms with Gasteiger partial charge in [0.15, 0.2) is 0 Å². The highest BCUT2D eigenvalue weighted by molar-refractivity contribution is 7.86. The molecule has 0 aliphatic heterocycles. The van der Waals surface area contributed by atoms with Crippen LogP contribution in [-0.2, 0) is 14.3 Å². The zero-order chi connectivity index (χ0) is 9.03. The van der Waals surface area contributed by atoms with Crippen molar-refractivity contribution >= 4 is 10.1 Å². The van der Waals surface area contributed by atoms with Crippen molar-refractivity contribution in [3.63, 3.8) is 0 Å². The molecule has 0 aliphatic carbocycles. The standard InChI is InChI=1S/C6H8N2O3S/c1-2-11-12(9,10)6-7-4-3-5-8-6/h3-5H,2H2,1H3. The van der Waals surface area contributed by atoms with Gasteiger partial charge < -0.3 is 0 Å². The summed E-state index contributed by atoms with van der Waals surface area (Å²) in [6.45, 7) is 1.67. The minimum Gasteiger partial charge on any atom is -0.264 e. The summed E-state index contributed by atoms with van der Waals surface area (Å²) in [6.07, 6.45) is 2.69. The first kappa shape index (κ1) is 9.08. The molecule has 1 aromatic rings. The van der Waals surface area contributed by atoms with E-state index in [-0.39, 0.29) is 11.8 Å². The fraction of sp³-hybridized carbons (Fsp3) is 0.333. The molecular weight excluding hydrogens is 180 g/mol. The molecule has 0 saturated carbocycles. The first-order valence-electron chi connectivity index (χ1n) is 3.33. The number of hydrogen-bond donors (Lipinski definition) is 0. The van der Waals surface area contributed by atoms with Crippen molar-refractivity contribution in [2.75, 3.05) is 6.61 Å². The van der Waals surface area contributed by atoms with Crippen molar-refractivity contribution in [3.8, 4) is 0 Å². The van der Waals surface area contributed by atoms with Crippen LogP contribution in [0.1, 0.15) is 6.92 Å². The summed E-state index contributed by atoms with van der Waals surface area (Å²) in [5.41, 5.74) is 0. The molecule has 6 heteroatoms. The first-order chi connectivity index (χ1) is 5.67.